The molecule has 0 spiro atoms. The lowest BCUT2D eigenvalue weighted by atomic mass is 9.88. The molecule has 106 valence electrons. The monoisotopic (exact) mass is 294 g/mol. The van der Waals surface area contributed by atoms with Crippen LogP contribution in [0, 0.1) is 5.82 Å². The van der Waals surface area contributed by atoms with E-state index in [1.807, 2.05) is 0 Å². The molecule has 0 aliphatic carbocycles. The van der Waals surface area contributed by atoms with Crippen LogP contribution in [-0.4, -0.2) is 12.2 Å². The van der Waals surface area contributed by atoms with Gasteiger partial charge in [0.1, 0.15) is 11.6 Å². The first-order valence-electron chi connectivity index (χ1n) is 6.24. The second-order valence-corrected chi connectivity index (χ2v) is 5.29. The summed E-state index contributed by atoms with van der Waals surface area (Å²) in [5.41, 5.74) is -0.279. The molecule has 2 aromatic carbocycles. The largest absolute Gasteiger partial charge is 0.497 e. The van der Waals surface area contributed by atoms with Gasteiger partial charge in [0.15, 0.2) is 0 Å². The number of halogens is 2. The summed E-state index contributed by atoms with van der Waals surface area (Å²) in [6, 6.07) is 11.6. The van der Waals surface area contributed by atoms with E-state index < -0.39 is 11.4 Å². The van der Waals surface area contributed by atoms with E-state index >= 15 is 0 Å². The van der Waals surface area contributed by atoms with E-state index in [4.69, 9.17) is 16.3 Å². The number of hydrogen-bond donors (Lipinski definition) is 1. The zero-order valence-electron chi connectivity index (χ0n) is 11.4. The summed E-state index contributed by atoms with van der Waals surface area (Å²) >= 11 is 6.01. The van der Waals surface area contributed by atoms with Crippen LogP contribution in [0.3, 0.4) is 0 Å². The highest BCUT2D eigenvalue weighted by Gasteiger charge is 2.26. The molecule has 2 rings (SSSR count). The molecule has 0 saturated carbocycles. The average molecular weight is 295 g/mol. The molecule has 0 bridgehead atoms. The summed E-state index contributed by atoms with van der Waals surface area (Å²) in [5.74, 6) is 0.225. The van der Waals surface area contributed by atoms with Gasteiger partial charge >= 0.3 is 0 Å². The van der Waals surface area contributed by atoms with Gasteiger partial charge in [-0.2, -0.15) is 0 Å². The van der Waals surface area contributed by atoms with Crippen LogP contribution < -0.4 is 4.74 Å². The normalized spacial score (nSPS) is 13.8. The maximum atomic E-state index is 13.8. The first-order chi connectivity index (χ1) is 9.44. The van der Waals surface area contributed by atoms with Crippen molar-refractivity contribution in [2.75, 3.05) is 7.11 Å². The van der Waals surface area contributed by atoms with Crippen molar-refractivity contribution < 1.29 is 14.2 Å². The van der Waals surface area contributed by atoms with Crippen molar-refractivity contribution >= 4 is 11.6 Å². The van der Waals surface area contributed by atoms with Crippen molar-refractivity contribution in [3.8, 4) is 5.75 Å². The summed E-state index contributed by atoms with van der Waals surface area (Å²) in [4.78, 5) is 0. The Morgan fingerprint density at radius 3 is 2.60 bits per heavy atom. The van der Waals surface area contributed by atoms with Gasteiger partial charge < -0.3 is 9.84 Å². The maximum absolute atomic E-state index is 13.8. The summed E-state index contributed by atoms with van der Waals surface area (Å²) in [7, 11) is 1.56. The predicted molar refractivity (Wildman–Crippen MR) is 77.7 cm³/mol. The SMILES string of the molecule is COc1cccc(C(C)(O)Cc2c(F)cccc2Cl)c1. The van der Waals surface area contributed by atoms with E-state index in [-0.39, 0.29) is 6.42 Å². The zero-order chi connectivity index (χ0) is 14.8. The highest BCUT2D eigenvalue weighted by molar-refractivity contribution is 6.31. The number of benzene rings is 2. The Morgan fingerprint density at radius 1 is 1.25 bits per heavy atom. The second kappa shape index (κ2) is 5.81. The topological polar surface area (TPSA) is 29.5 Å². The van der Waals surface area contributed by atoms with Crippen molar-refractivity contribution in [2.45, 2.75) is 18.9 Å². The van der Waals surface area contributed by atoms with Gasteiger partial charge in [-0.25, -0.2) is 4.39 Å². The van der Waals surface area contributed by atoms with Crippen LogP contribution in [-0.2, 0) is 12.0 Å². The van der Waals surface area contributed by atoms with Crippen molar-refractivity contribution in [3.05, 3.63) is 64.4 Å². The number of hydrogen-bond acceptors (Lipinski definition) is 2. The molecule has 0 amide bonds. The third kappa shape index (κ3) is 3.11. The van der Waals surface area contributed by atoms with Crippen molar-refractivity contribution in [1.82, 2.24) is 0 Å². The van der Waals surface area contributed by atoms with Gasteiger partial charge in [0.2, 0.25) is 0 Å². The van der Waals surface area contributed by atoms with Crippen molar-refractivity contribution in [1.29, 1.82) is 0 Å². The van der Waals surface area contributed by atoms with E-state index in [9.17, 15) is 9.50 Å². The van der Waals surface area contributed by atoms with Crippen LogP contribution in [0.5, 0.6) is 5.75 Å². The van der Waals surface area contributed by atoms with Gasteiger partial charge in [-0.05, 0) is 36.8 Å². The molecule has 1 N–H and O–H groups in total. The molecular weight excluding hydrogens is 279 g/mol. The Morgan fingerprint density at radius 2 is 1.95 bits per heavy atom. The third-order valence-corrected chi connectivity index (χ3v) is 3.63. The molecule has 0 aliphatic heterocycles. The molecular formula is C16H16ClFO2. The minimum Gasteiger partial charge on any atom is -0.497 e. The van der Waals surface area contributed by atoms with E-state index in [1.54, 1.807) is 50.4 Å². The number of rotatable bonds is 4. The fourth-order valence-electron chi connectivity index (χ4n) is 2.11. The minimum absolute atomic E-state index is 0.0890. The van der Waals surface area contributed by atoms with Crippen LogP contribution in [0.1, 0.15) is 18.1 Å². The van der Waals surface area contributed by atoms with Crippen LogP contribution in [0.15, 0.2) is 42.5 Å². The highest BCUT2D eigenvalue weighted by atomic mass is 35.5. The quantitative estimate of drug-likeness (QED) is 0.925. The molecule has 1 unspecified atom stereocenters. The van der Waals surface area contributed by atoms with Gasteiger partial charge in [-0.15, -0.1) is 0 Å². The Labute approximate surface area is 122 Å². The molecule has 0 fully saturated rings. The summed E-state index contributed by atoms with van der Waals surface area (Å²) in [6.45, 7) is 1.63. The smallest absolute Gasteiger partial charge is 0.128 e. The van der Waals surface area contributed by atoms with Gasteiger partial charge in [0, 0.05) is 17.0 Å². The lowest BCUT2D eigenvalue weighted by molar-refractivity contribution is 0.0565. The average Bonchev–Trinajstić information content (AvgIpc) is 2.43. The third-order valence-electron chi connectivity index (χ3n) is 3.27. The minimum atomic E-state index is -1.24. The fraction of sp³-hybridized carbons (Fsp3) is 0.250. The van der Waals surface area contributed by atoms with Crippen LogP contribution in [0.25, 0.3) is 0 Å². The number of ether oxygens (including phenoxy) is 1. The van der Waals surface area contributed by atoms with E-state index in [0.717, 1.165) is 0 Å². The summed E-state index contributed by atoms with van der Waals surface area (Å²) in [5, 5.41) is 10.9. The van der Waals surface area contributed by atoms with Gasteiger partial charge in [-0.3, -0.25) is 0 Å². The highest BCUT2D eigenvalue weighted by Crippen LogP contribution is 2.31. The van der Waals surface area contributed by atoms with Crippen LogP contribution in [0.2, 0.25) is 5.02 Å². The predicted octanol–water partition coefficient (Wildman–Crippen LogP) is 3.94. The van der Waals surface area contributed by atoms with Gasteiger partial charge in [0.05, 0.1) is 12.7 Å². The van der Waals surface area contributed by atoms with Crippen LogP contribution in [0.4, 0.5) is 4.39 Å². The van der Waals surface area contributed by atoms with Crippen molar-refractivity contribution in [3.63, 3.8) is 0 Å². The molecule has 0 aromatic heterocycles. The zero-order valence-corrected chi connectivity index (χ0v) is 12.1. The summed E-state index contributed by atoms with van der Waals surface area (Å²) in [6.07, 6.45) is 0.0890. The Balaban J connectivity index is 2.35. The van der Waals surface area contributed by atoms with Gasteiger partial charge in [-0.1, -0.05) is 29.8 Å². The summed E-state index contributed by atoms with van der Waals surface area (Å²) < 4.78 is 19.0. The van der Waals surface area contributed by atoms with E-state index in [1.165, 1.54) is 6.07 Å². The second-order valence-electron chi connectivity index (χ2n) is 4.88. The molecule has 0 saturated heterocycles. The lowest BCUT2D eigenvalue weighted by Gasteiger charge is -2.25. The maximum Gasteiger partial charge on any atom is 0.128 e. The molecule has 20 heavy (non-hydrogen) atoms. The van der Waals surface area contributed by atoms with E-state index in [0.29, 0.717) is 21.9 Å². The fourth-order valence-corrected chi connectivity index (χ4v) is 2.34. The molecule has 0 radical (unpaired) electrons. The molecule has 0 heterocycles. The number of aliphatic hydroxyl groups is 1. The Hall–Kier alpha value is -1.58. The molecule has 0 aliphatic rings. The molecule has 1 atom stereocenters. The Bertz CT molecular complexity index is 591. The van der Waals surface area contributed by atoms with Gasteiger partial charge in [0.25, 0.3) is 0 Å². The molecule has 4 heteroatoms. The van der Waals surface area contributed by atoms with Crippen LogP contribution >= 0.6 is 11.6 Å². The molecule has 2 nitrogen and oxygen atoms in total. The molecule has 2 aromatic rings. The lowest BCUT2D eigenvalue weighted by Crippen LogP contribution is -2.25. The number of methoxy groups -OCH3 is 1. The standard InChI is InChI=1S/C16H16ClFO2/c1-16(19,11-5-3-6-12(9-11)20-2)10-13-14(17)7-4-8-15(13)18/h3-9,19H,10H2,1-2H3. The first-order valence-corrected chi connectivity index (χ1v) is 6.61. The first kappa shape index (κ1) is 14.8. The van der Waals surface area contributed by atoms with Crippen molar-refractivity contribution in [2.24, 2.45) is 0 Å². The van der Waals surface area contributed by atoms with E-state index in [2.05, 4.69) is 0 Å². The Kier molecular flexibility index (Phi) is 4.31.